The maximum absolute atomic E-state index is 8.16. The maximum atomic E-state index is 8.16. The maximum Gasteiger partial charge on any atom is 0.212 e. The lowest BCUT2D eigenvalue weighted by molar-refractivity contribution is -0.661. The smallest absolute Gasteiger partial charge is 0.201 e. The molecule has 0 N–H and O–H groups in total. The molecule has 0 aliphatic carbocycles. The predicted molar refractivity (Wildman–Crippen MR) is 392 cm³/mol. The Kier molecular flexibility index (Phi) is 19.1. The summed E-state index contributed by atoms with van der Waals surface area (Å²) in [6, 6.07) is 46.8. The van der Waals surface area contributed by atoms with Gasteiger partial charge in [0.05, 0.1) is 0 Å². The summed E-state index contributed by atoms with van der Waals surface area (Å²) in [6.07, 6.45) is 8.26. The number of hydrogen-bond donors (Lipinski definition) is 0. The first-order valence-corrected chi connectivity index (χ1v) is 31.9. The van der Waals surface area contributed by atoms with E-state index in [2.05, 4.69) is 106 Å². The molecular formula is C87H114N5+5. The van der Waals surface area contributed by atoms with E-state index in [1.165, 1.54) is 51.6 Å². The molecule has 5 heterocycles. The van der Waals surface area contributed by atoms with E-state index >= 15 is 0 Å². The monoisotopic (exact) mass is 1240 g/mol. The van der Waals surface area contributed by atoms with Crippen molar-refractivity contribution in [1.29, 1.82) is 0 Å². The first-order valence-electron chi connectivity index (χ1n) is 39.4. The van der Waals surface area contributed by atoms with Crippen LogP contribution in [-0.2, 0) is 41.6 Å². The Morgan fingerprint density at radius 3 is 0.978 bits per heavy atom. The molecule has 0 aliphatic heterocycles. The molecule has 0 amide bonds. The minimum atomic E-state index is -2.10. The van der Waals surface area contributed by atoms with Gasteiger partial charge in [-0.1, -0.05) is 154 Å². The summed E-state index contributed by atoms with van der Waals surface area (Å²) >= 11 is 0. The molecule has 0 atom stereocenters. The summed E-state index contributed by atoms with van der Waals surface area (Å²) in [5.74, 6) is -1.88. The first-order chi connectivity index (χ1) is 48.9. The van der Waals surface area contributed by atoms with Gasteiger partial charge in [-0.05, 0) is 204 Å². The fraction of sp³-hybridized carbons (Fsp3) is 0.368. The molecule has 5 aromatic carbocycles. The second-order valence-corrected chi connectivity index (χ2v) is 25.9. The fourth-order valence-electron chi connectivity index (χ4n) is 11.5. The number of aromatic nitrogens is 5. The Morgan fingerprint density at radius 1 is 0.315 bits per heavy atom. The molecule has 0 radical (unpaired) electrons. The van der Waals surface area contributed by atoms with Gasteiger partial charge >= 0.3 is 0 Å². The number of hydrogen-bond acceptors (Lipinski definition) is 0. The molecule has 0 spiro atoms. The quantitative estimate of drug-likeness (QED) is 0.115. The average Bonchev–Trinajstić information content (AvgIpc) is 0.810. The van der Waals surface area contributed by atoms with Crippen LogP contribution >= 0.6 is 0 Å². The van der Waals surface area contributed by atoms with E-state index in [9.17, 15) is 0 Å². The Labute approximate surface area is 579 Å². The van der Waals surface area contributed by atoms with Gasteiger partial charge in [-0.25, -0.2) is 22.8 Å². The Hall–Kier alpha value is -8.15. The molecule has 0 unspecified atom stereocenters. The van der Waals surface area contributed by atoms with Crippen LogP contribution in [0, 0.1) is 69.0 Å². The summed E-state index contributed by atoms with van der Waals surface area (Å²) in [5, 5.41) is 0. The average molecular weight is 1240 g/mol. The summed E-state index contributed by atoms with van der Waals surface area (Å²) < 4.78 is 125. The second kappa shape index (κ2) is 32.9. The number of benzene rings is 5. The van der Waals surface area contributed by atoms with Crippen molar-refractivity contribution in [1.82, 2.24) is 0 Å². The second-order valence-electron chi connectivity index (χ2n) is 25.9. The van der Waals surface area contributed by atoms with Crippen molar-refractivity contribution in [3.63, 3.8) is 0 Å². The lowest BCUT2D eigenvalue weighted by Crippen LogP contribution is -2.32. The van der Waals surface area contributed by atoms with Gasteiger partial charge in [0.2, 0.25) is 28.5 Å². The van der Waals surface area contributed by atoms with E-state index in [1.54, 1.807) is 48.8 Å². The molecule has 10 aromatic rings. The molecule has 0 bridgehead atoms. The Bertz CT molecular complexity index is 4060. The highest BCUT2D eigenvalue weighted by molar-refractivity contribution is 5.66. The van der Waals surface area contributed by atoms with Crippen molar-refractivity contribution >= 4 is 0 Å². The predicted octanol–water partition coefficient (Wildman–Crippen LogP) is 20.2. The highest BCUT2D eigenvalue weighted by Crippen LogP contribution is 2.30. The van der Waals surface area contributed by atoms with Gasteiger partial charge in [0.25, 0.3) is 0 Å². The van der Waals surface area contributed by atoms with Gasteiger partial charge in [0.1, 0.15) is 35.2 Å². The molecule has 0 saturated carbocycles. The minimum Gasteiger partial charge on any atom is -0.201 e. The van der Waals surface area contributed by atoms with Gasteiger partial charge in [-0.2, -0.15) is 0 Å². The van der Waals surface area contributed by atoms with E-state index < -0.39 is 50.5 Å². The zero-order valence-corrected chi connectivity index (χ0v) is 59.6. The van der Waals surface area contributed by atoms with Crippen molar-refractivity contribution in [2.75, 3.05) is 0 Å². The van der Waals surface area contributed by atoms with Gasteiger partial charge in [0.15, 0.2) is 31.0 Å². The third kappa shape index (κ3) is 19.2. The third-order valence-electron chi connectivity index (χ3n) is 16.9. The topological polar surface area (TPSA) is 19.4 Å². The molecule has 10 rings (SSSR count). The molecule has 482 valence electrons. The van der Waals surface area contributed by atoms with Crippen LogP contribution in [-0.4, -0.2) is 0 Å². The van der Waals surface area contributed by atoms with Crippen molar-refractivity contribution in [3.8, 4) is 56.3 Å². The van der Waals surface area contributed by atoms with E-state index in [1.807, 2.05) is 197 Å². The van der Waals surface area contributed by atoms with E-state index in [4.69, 9.17) is 20.6 Å². The molecule has 5 aromatic heterocycles. The fourth-order valence-corrected chi connectivity index (χ4v) is 11.5. The standard InChI is InChI=1S/C19H26N.C18H24N.2C17H22N.C16H20N/c1-13(2)16-7-9-18(15(5)11-16)19-10-8-17(14(3)4)12-20(19)6;1-12(2)17-10-18(19(6)11-15(17)5)16-8-7-13(3)9-14(16)4;1-12(2)15-7-8-16(14(4)10-15)17-9-6-13(3)11-18(17)5;1-12(2)15-7-9-17(18(5)11-15)16-8-6-13(3)10-14(16)4;1-5-14-7-9-16(17(4)11-14)15-8-6-12(2)10-13(15)3/h7-14H,1-6H3;7-12H,1-6H3;2*6-12H,1-5H3;6-11H,5H2,1-4H3/q5*+1/i13D,14D;;2*3D3,12D;2D3,5D2. The third-order valence-corrected chi connectivity index (χ3v) is 16.9. The number of pyridine rings is 5. The molecule has 0 saturated heterocycles. The molecule has 5 nitrogen and oxygen atoms in total. The van der Waals surface area contributed by atoms with Gasteiger partial charge in [-0.3, -0.25) is 0 Å². The van der Waals surface area contributed by atoms with Crippen LogP contribution in [0.3, 0.4) is 0 Å². The highest BCUT2D eigenvalue weighted by atomic mass is 14.9. The van der Waals surface area contributed by atoms with Crippen molar-refractivity contribution < 1.29 is 43.4 Å². The zero-order chi connectivity index (χ0) is 81.0. The van der Waals surface area contributed by atoms with Gasteiger partial charge in [-0.15, -0.1) is 0 Å². The summed E-state index contributed by atoms with van der Waals surface area (Å²) in [6.45, 7) is 29.3. The number of nitrogens with zero attached hydrogens (tertiary/aromatic N) is 5. The van der Waals surface area contributed by atoms with E-state index in [-0.39, 0.29) is 0 Å². The van der Waals surface area contributed by atoms with Crippen LogP contribution in [0.25, 0.3) is 56.3 Å². The van der Waals surface area contributed by atoms with Crippen LogP contribution in [0.4, 0.5) is 0 Å². The van der Waals surface area contributed by atoms with Gasteiger partial charge < -0.3 is 0 Å². The first kappa shape index (κ1) is 53.4. The Balaban J connectivity index is 0.000000210. The highest BCUT2D eigenvalue weighted by Gasteiger charge is 2.20. The molecule has 5 heteroatoms. The molecule has 0 fully saturated rings. The lowest BCUT2D eigenvalue weighted by Gasteiger charge is -2.12. The van der Waals surface area contributed by atoms with Crippen LogP contribution < -0.4 is 22.8 Å². The largest absolute Gasteiger partial charge is 0.212 e. The van der Waals surface area contributed by atoms with E-state index in [0.717, 1.165) is 78.4 Å². The van der Waals surface area contributed by atoms with Crippen molar-refractivity contribution in [3.05, 3.63) is 266 Å². The van der Waals surface area contributed by atoms with Crippen molar-refractivity contribution in [2.45, 2.75) is 181 Å². The number of rotatable bonds is 11. The Morgan fingerprint density at radius 2 is 0.630 bits per heavy atom. The van der Waals surface area contributed by atoms with Crippen LogP contribution in [0.1, 0.15) is 215 Å². The van der Waals surface area contributed by atoms with E-state index in [0.29, 0.717) is 28.2 Å². The molecule has 92 heavy (non-hydrogen) atoms. The SMILES string of the molecule is Cc1ccc(-c2cc(C(C)C)c(C)c[n+]2C)c(C)c1.[2H]C(C)(C)c1ccc(-c2ccc(C([2H])(C)C)c[n+]2C)c(C)c1.[2H]C([2H])([2H])c1ccc(-c2ccc(C([2H])(C)C)c[n+]2C)c(C)c1.[2H]C([2H])([2H])c1ccc(-c2ccc(C([2H])(C)C)cc2C)[n+](C)c1.[2H]C([2H])([2H])c1ccc(-c2ccc(C([2H])([2H])C)c[n+]2C)c(C)c1. The normalized spacial score (nSPS) is 14.5. The van der Waals surface area contributed by atoms with Crippen LogP contribution in [0.5, 0.6) is 0 Å². The summed E-state index contributed by atoms with van der Waals surface area (Å²) in [4.78, 5) is 0. The minimum absolute atomic E-state index is 0.331. The summed E-state index contributed by atoms with van der Waals surface area (Å²) in [5.41, 5.74) is 25.9. The molecular weight excluding hydrogens is 1110 g/mol. The van der Waals surface area contributed by atoms with Crippen LogP contribution in [0.15, 0.2) is 177 Å². The lowest BCUT2D eigenvalue weighted by atomic mass is 9.95. The molecule has 0 aliphatic rings. The number of aryl methyl sites for hydroxylation is 16. The van der Waals surface area contributed by atoms with Crippen molar-refractivity contribution in [2.24, 2.45) is 35.2 Å². The van der Waals surface area contributed by atoms with Crippen LogP contribution in [0.2, 0.25) is 0 Å². The van der Waals surface area contributed by atoms with Gasteiger partial charge in [0, 0.05) is 107 Å². The summed E-state index contributed by atoms with van der Waals surface area (Å²) in [7, 11) is 9.81. The zero-order valence-electron chi connectivity index (χ0n) is 74.6.